The maximum absolute atomic E-state index is 13.1. The third-order valence-electron chi connectivity index (χ3n) is 2.63. The number of ketones is 1. The molecular formula is C18H22FNO. The lowest BCUT2D eigenvalue weighted by Crippen LogP contribution is -2.26. The smallest absolute Gasteiger partial charge is 0.176 e. The van der Waals surface area contributed by atoms with Crippen molar-refractivity contribution in [2.45, 2.75) is 20.8 Å². The molecule has 0 radical (unpaired) electrons. The zero-order valence-corrected chi connectivity index (χ0v) is 13.1. The van der Waals surface area contributed by atoms with Crippen LogP contribution in [-0.2, 0) is 0 Å². The minimum atomic E-state index is -0.388. The lowest BCUT2D eigenvalue weighted by molar-refractivity contribution is 0.0951. The van der Waals surface area contributed by atoms with E-state index >= 15 is 0 Å². The van der Waals surface area contributed by atoms with Gasteiger partial charge in [0, 0.05) is 17.5 Å². The van der Waals surface area contributed by atoms with Gasteiger partial charge < -0.3 is 0 Å². The Hall–Kier alpha value is -1.92. The number of carbonyl (C=O) groups excluding carboxylic acids is 1. The fraction of sp³-hybridized carbons (Fsp3) is 0.389. The molecule has 0 aliphatic carbocycles. The molecule has 0 aromatic heterocycles. The molecule has 0 atom stereocenters. The molecule has 0 fully saturated rings. The van der Waals surface area contributed by atoms with Crippen LogP contribution < -0.4 is 0 Å². The molecule has 112 valence electrons. The van der Waals surface area contributed by atoms with E-state index in [0.29, 0.717) is 12.1 Å². The molecule has 1 aromatic carbocycles. The van der Waals surface area contributed by atoms with Crippen LogP contribution in [-0.4, -0.2) is 30.8 Å². The number of halogens is 1. The Bertz CT molecular complexity index is 573. The molecule has 0 amide bonds. The van der Waals surface area contributed by atoms with E-state index in [1.807, 2.05) is 18.0 Å². The molecule has 0 saturated heterocycles. The lowest BCUT2D eigenvalue weighted by atomic mass is 9.98. The molecule has 0 heterocycles. The van der Waals surface area contributed by atoms with E-state index in [0.717, 1.165) is 0 Å². The molecule has 1 rings (SSSR count). The average Bonchev–Trinajstić information content (AvgIpc) is 2.36. The first-order valence-corrected chi connectivity index (χ1v) is 6.93. The minimum Gasteiger partial charge on any atom is -0.295 e. The van der Waals surface area contributed by atoms with E-state index in [2.05, 4.69) is 32.6 Å². The molecule has 21 heavy (non-hydrogen) atoms. The van der Waals surface area contributed by atoms with Gasteiger partial charge in [0.05, 0.1) is 6.54 Å². The first-order valence-electron chi connectivity index (χ1n) is 6.93. The number of allylic oxidation sites excluding steroid dienone is 1. The molecule has 0 aliphatic heterocycles. The summed E-state index contributed by atoms with van der Waals surface area (Å²) in [5.41, 5.74) is 0.391. The van der Waals surface area contributed by atoms with Crippen molar-refractivity contribution in [3.8, 4) is 11.8 Å². The van der Waals surface area contributed by atoms with Gasteiger partial charge in [0.2, 0.25) is 0 Å². The number of benzene rings is 1. The maximum atomic E-state index is 13.1. The molecule has 0 N–H and O–H groups in total. The highest BCUT2D eigenvalue weighted by molar-refractivity contribution is 5.97. The van der Waals surface area contributed by atoms with Crippen LogP contribution >= 0.6 is 0 Å². The quantitative estimate of drug-likeness (QED) is 0.610. The van der Waals surface area contributed by atoms with E-state index in [1.165, 1.54) is 12.1 Å². The van der Waals surface area contributed by atoms with Gasteiger partial charge in [-0.2, -0.15) is 0 Å². The van der Waals surface area contributed by atoms with Crippen LogP contribution in [0.15, 0.2) is 36.4 Å². The molecule has 0 bridgehead atoms. The van der Waals surface area contributed by atoms with E-state index in [9.17, 15) is 9.18 Å². The normalized spacial score (nSPS) is 11.5. The lowest BCUT2D eigenvalue weighted by Gasteiger charge is -2.13. The molecule has 3 heteroatoms. The molecule has 0 spiro atoms. The largest absolute Gasteiger partial charge is 0.295 e. The van der Waals surface area contributed by atoms with Gasteiger partial charge in [-0.1, -0.05) is 30.0 Å². The number of likely N-dealkylation sites (N-methyl/N-ethyl adjacent to an activating group) is 1. The first kappa shape index (κ1) is 17.1. The topological polar surface area (TPSA) is 20.3 Å². The molecule has 0 unspecified atom stereocenters. The maximum Gasteiger partial charge on any atom is 0.176 e. The summed E-state index contributed by atoms with van der Waals surface area (Å²) >= 11 is 0. The number of carbonyl (C=O) groups is 1. The number of hydrogen-bond donors (Lipinski definition) is 0. The molecule has 2 nitrogen and oxygen atoms in total. The van der Waals surface area contributed by atoms with Gasteiger partial charge in [0.25, 0.3) is 0 Å². The Morgan fingerprint density at radius 2 is 2.10 bits per heavy atom. The van der Waals surface area contributed by atoms with Gasteiger partial charge in [-0.15, -0.1) is 0 Å². The second-order valence-electron chi connectivity index (χ2n) is 6.05. The second-order valence-corrected chi connectivity index (χ2v) is 6.05. The SMILES string of the molecule is CN(C/C=C/C#CC(C)(C)C)CC(=O)c1cccc(F)c1. The highest BCUT2D eigenvalue weighted by Crippen LogP contribution is 2.09. The van der Waals surface area contributed by atoms with Crippen LogP contribution in [0.4, 0.5) is 4.39 Å². The Labute approximate surface area is 126 Å². The van der Waals surface area contributed by atoms with Crippen LogP contribution in [0.3, 0.4) is 0 Å². The summed E-state index contributed by atoms with van der Waals surface area (Å²) in [6.45, 7) is 7.03. The van der Waals surface area contributed by atoms with E-state index in [1.54, 1.807) is 18.2 Å². The first-order chi connectivity index (χ1) is 9.78. The summed E-state index contributed by atoms with van der Waals surface area (Å²) in [6.07, 6.45) is 3.71. The summed E-state index contributed by atoms with van der Waals surface area (Å²) in [6, 6.07) is 5.77. The van der Waals surface area contributed by atoms with Crippen LogP contribution in [0.5, 0.6) is 0 Å². The molecule has 1 aromatic rings. The Morgan fingerprint density at radius 3 is 2.71 bits per heavy atom. The monoisotopic (exact) mass is 287 g/mol. The van der Waals surface area contributed by atoms with Crippen LogP contribution in [0, 0.1) is 23.1 Å². The standard InChI is InChI=1S/C18H22FNO/c1-18(2,3)11-6-5-7-12-20(4)14-17(21)15-9-8-10-16(19)13-15/h5,7-10,13H,12,14H2,1-4H3/b7-5+. The highest BCUT2D eigenvalue weighted by atomic mass is 19.1. The van der Waals surface area contributed by atoms with Crippen molar-refractivity contribution >= 4 is 5.78 Å². The summed E-state index contributed by atoms with van der Waals surface area (Å²) in [5.74, 6) is 5.61. The average molecular weight is 287 g/mol. The number of Topliss-reactive ketones (excluding diaryl/α,β-unsaturated/α-hetero) is 1. The van der Waals surface area contributed by atoms with Crippen molar-refractivity contribution in [3.05, 3.63) is 47.8 Å². The van der Waals surface area contributed by atoms with Gasteiger partial charge in [-0.05, 0) is 46.0 Å². The Morgan fingerprint density at radius 1 is 1.38 bits per heavy atom. The van der Waals surface area contributed by atoms with E-state index in [-0.39, 0.29) is 23.6 Å². The number of rotatable bonds is 5. The van der Waals surface area contributed by atoms with Crippen LogP contribution in [0.2, 0.25) is 0 Å². The number of nitrogens with zero attached hydrogens (tertiary/aromatic N) is 1. The van der Waals surface area contributed by atoms with Crippen molar-refractivity contribution in [1.29, 1.82) is 0 Å². The summed E-state index contributed by atoms with van der Waals surface area (Å²) < 4.78 is 13.1. The number of hydrogen-bond acceptors (Lipinski definition) is 2. The fourth-order valence-electron chi connectivity index (χ4n) is 1.61. The molecule has 0 saturated carbocycles. The van der Waals surface area contributed by atoms with Gasteiger partial charge >= 0.3 is 0 Å². The Balaban J connectivity index is 2.46. The van der Waals surface area contributed by atoms with Gasteiger partial charge in [-0.3, -0.25) is 9.69 Å². The zero-order valence-electron chi connectivity index (χ0n) is 13.1. The van der Waals surface area contributed by atoms with Crippen LogP contribution in [0.1, 0.15) is 31.1 Å². The fourth-order valence-corrected chi connectivity index (χ4v) is 1.61. The molecular weight excluding hydrogens is 265 g/mol. The van der Waals surface area contributed by atoms with Crippen molar-refractivity contribution in [2.75, 3.05) is 20.1 Å². The minimum absolute atomic E-state index is 0.0103. The summed E-state index contributed by atoms with van der Waals surface area (Å²) in [4.78, 5) is 13.8. The third kappa shape index (κ3) is 7.43. The van der Waals surface area contributed by atoms with E-state index in [4.69, 9.17) is 0 Å². The second kappa shape index (κ2) is 7.75. The summed E-state index contributed by atoms with van der Waals surface area (Å²) in [5, 5.41) is 0. The zero-order chi connectivity index (χ0) is 15.9. The van der Waals surface area contributed by atoms with Gasteiger partial charge in [-0.25, -0.2) is 4.39 Å². The van der Waals surface area contributed by atoms with Crippen molar-refractivity contribution in [2.24, 2.45) is 5.41 Å². The summed E-state index contributed by atoms with van der Waals surface area (Å²) in [7, 11) is 1.85. The van der Waals surface area contributed by atoms with Gasteiger partial charge in [0.1, 0.15) is 5.82 Å². The van der Waals surface area contributed by atoms with Crippen molar-refractivity contribution in [3.63, 3.8) is 0 Å². The van der Waals surface area contributed by atoms with Gasteiger partial charge in [0.15, 0.2) is 5.78 Å². The third-order valence-corrected chi connectivity index (χ3v) is 2.63. The van der Waals surface area contributed by atoms with Crippen molar-refractivity contribution in [1.82, 2.24) is 4.90 Å². The van der Waals surface area contributed by atoms with E-state index < -0.39 is 0 Å². The highest BCUT2D eigenvalue weighted by Gasteiger charge is 2.09. The predicted octanol–water partition coefficient (Wildman–Crippen LogP) is 3.55. The predicted molar refractivity (Wildman–Crippen MR) is 84.6 cm³/mol. The Kier molecular flexibility index (Phi) is 6.33. The molecule has 0 aliphatic rings. The van der Waals surface area contributed by atoms with Crippen LogP contribution in [0.25, 0.3) is 0 Å². The van der Waals surface area contributed by atoms with Crippen molar-refractivity contribution < 1.29 is 9.18 Å².